The van der Waals surface area contributed by atoms with Crippen LogP contribution in [0, 0.1) is 0 Å². The molecule has 0 bridgehead atoms. The van der Waals surface area contributed by atoms with E-state index in [1.807, 2.05) is 0 Å². The van der Waals surface area contributed by atoms with Gasteiger partial charge in [0.05, 0.1) is 12.5 Å². The predicted molar refractivity (Wildman–Crippen MR) is 85.8 cm³/mol. The van der Waals surface area contributed by atoms with Crippen LogP contribution in [0.5, 0.6) is 0 Å². The molecule has 0 aromatic heterocycles. The lowest BCUT2D eigenvalue weighted by molar-refractivity contribution is -0.138. The third-order valence-electron chi connectivity index (χ3n) is 2.74. The molecule has 0 rings (SSSR count). The molecule has 0 aromatic carbocycles. The Balaban J connectivity index is 4.58. The molecule has 0 saturated heterocycles. The van der Waals surface area contributed by atoms with Crippen molar-refractivity contribution in [2.75, 3.05) is 12.3 Å². The lowest BCUT2D eigenvalue weighted by Gasteiger charge is -2.21. The molecular weight excluding hydrogens is 342 g/mol. The van der Waals surface area contributed by atoms with Crippen LogP contribution in [0.25, 0.3) is 0 Å². The summed E-state index contributed by atoms with van der Waals surface area (Å²) in [7, 11) is 0. The largest absolute Gasteiger partial charge is 0.480 e. The second kappa shape index (κ2) is 10.4. The van der Waals surface area contributed by atoms with Gasteiger partial charge in [0.1, 0.15) is 18.6 Å². The second-order valence-corrected chi connectivity index (χ2v) is 5.23. The van der Waals surface area contributed by atoms with E-state index in [-0.39, 0.29) is 12.2 Å². The Kier molecular flexibility index (Phi) is 9.42. The minimum atomic E-state index is -1.23. The van der Waals surface area contributed by atoms with Crippen molar-refractivity contribution in [3.8, 4) is 0 Å². The molecule has 8 N–H and O–H groups in total. The number of carboxylic acid groups (broad SMARTS) is 1. The SMILES string of the molecule is CC(NC(=O)C(CS)NC(=O)C(N)CC(N)=O)C(=O)NCC(=O)O. The molecule has 3 atom stereocenters. The van der Waals surface area contributed by atoms with Gasteiger partial charge in [-0.05, 0) is 6.92 Å². The summed E-state index contributed by atoms with van der Waals surface area (Å²) >= 11 is 3.92. The van der Waals surface area contributed by atoms with Crippen LogP contribution in [-0.2, 0) is 24.0 Å². The standard InChI is InChI=1S/C12H21N5O6S/c1-5(10(21)15-3-9(19)20)16-12(23)7(4-24)17-11(22)6(13)2-8(14)18/h5-7,24H,2-4,13H2,1H3,(H2,14,18)(H,15,21)(H,16,23)(H,17,22)(H,19,20). The number of primary amides is 1. The first-order chi connectivity index (χ1) is 11.1. The molecule has 24 heavy (non-hydrogen) atoms. The first-order valence-corrected chi connectivity index (χ1v) is 7.46. The van der Waals surface area contributed by atoms with Crippen molar-refractivity contribution < 1.29 is 29.1 Å². The quantitative estimate of drug-likeness (QED) is 0.194. The zero-order chi connectivity index (χ0) is 18.9. The van der Waals surface area contributed by atoms with Gasteiger partial charge >= 0.3 is 5.97 Å². The molecule has 136 valence electrons. The molecule has 0 aliphatic heterocycles. The van der Waals surface area contributed by atoms with Crippen LogP contribution in [-0.4, -0.2) is 65.1 Å². The lowest BCUT2D eigenvalue weighted by Crippen LogP contribution is -2.56. The molecule has 12 heteroatoms. The van der Waals surface area contributed by atoms with Gasteiger partial charge in [0.15, 0.2) is 0 Å². The first kappa shape index (κ1) is 21.7. The predicted octanol–water partition coefficient (Wildman–Crippen LogP) is -3.69. The molecule has 0 aliphatic carbocycles. The van der Waals surface area contributed by atoms with E-state index in [0.717, 1.165) is 0 Å². The van der Waals surface area contributed by atoms with Crippen LogP contribution in [0.2, 0.25) is 0 Å². The lowest BCUT2D eigenvalue weighted by atomic mass is 10.2. The van der Waals surface area contributed by atoms with E-state index < -0.39 is 54.3 Å². The van der Waals surface area contributed by atoms with Crippen molar-refractivity contribution in [3.63, 3.8) is 0 Å². The molecule has 11 nitrogen and oxygen atoms in total. The van der Waals surface area contributed by atoms with Crippen molar-refractivity contribution in [3.05, 3.63) is 0 Å². The zero-order valence-electron chi connectivity index (χ0n) is 12.9. The summed E-state index contributed by atoms with van der Waals surface area (Å²) in [6.45, 7) is 0.749. The number of carbonyl (C=O) groups is 5. The summed E-state index contributed by atoms with van der Waals surface area (Å²) in [5, 5.41) is 15.1. The van der Waals surface area contributed by atoms with Crippen LogP contribution in [0.15, 0.2) is 0 Å². The van der Waals surface area contributed by atoms with E-state index in [4.69, 9.17) is 16.6 Å². The van der Waals surface area contributed by atoms with Gasteiger partial charge in [-0.3, -0.25) is 24.0 Å². The number of nitrogens with two attached hydrogens (primary N) is 2. The molecule has 4 amide bonds. The van der Waals surface area contributed by atoms with Gasteiger partial charge in [-0.25, -0.2) is 0 Å². The van der Waals surface area contributed by atoms with Gasteiger partial charge in [0.25, 0.3) is 0 Å². The summed E-state index contributed by atoms with van der Waals surface area (Å²) in [5.41, 5.74) is 10.4. The smallest absolute Gasteiger partial charge is 0.322 e. The first-order valence-electron chi connectivity index (χ1n) is 6.83. The summed E-state index contributed by atoms with van der Waals surface area (Å²) < 4.78 is 0. The van der Waals surface area contributed by atoms with Crippen molar-refractivity contribution in [2.45, 2.75) is 31.5 Å². The Morgan fingerprint density at radius 1 is 1.08 bits per heavy atom. The van der Waals surface area contributed by atoms with E-state index in [0.29, 0.717) is 0 Å². The van der Waals surface area contributed by atoms with Crippen LogP contribution in [0.3, 0.4) is 0 Å². The fourth-order valence-electron chi connectivity index (χ4n) is 1.48. The highest BCUT2D eigenvalue weighted by atomic mass is 32.1. The van der Waals surface area contributed by atoms with Crippen LogP contribution in [0.4, 0.5) is 0 Å². The third-order valence-corrected chi connectivity index (χ3v) is 3.10. The number of thiol groups is 1. The van der Waals surface area contributed by atoms with Crippen LogP contribution >= 0.6 is 12.6 Å². The van der Waals surface area contributed by atoms with Crippen molar-refractivity contribution in [2.24, 2.45) is 11.5 Å². The van der Waals surface area contributed by atoms with Crippen LogP contribution < -0.4 is 27.4 Å². The number of hydrogen-bond acceptors (Lipinski definition) is 7. The molecule has 0 aliphatic rings. The van der Waals surface area contributed by atoms with E-state index in [1.165, 1.54) is 6.92 Å². The average molecular weight is 363 g/mol. The molecule has 3 unspecified atom stereocenters. The monoisotopic (exact) mass is 363 g/mol. The second-order valence-electron chi connectivity index (χ2n) is 4.86. The fourth-order valence-corrected chi connectivity index (χ4v) is 1.73. The maximum atomic E-state index is 12.0. The third kappa shape index (κ3) is 8.33. The Labute approximate surface area is 143 Å². The van der Waals surface area contributed by atoms with E-state index >= 15 is 0 Å². The fraction of sp³-hybridized carbons (Fsp3) is 0.583. The summed E-state index contributed by atoms with van der Waals surface area (Å²) in [6.07, 6.45) is -0.388. The molecule has 0 radical (unpaired) electrons. The maximum absolute atomic E-state index is 12.0. The van der Waals surface area contributed by atoms with Crippen molar-refractivity contribution >= 4 is 42.2 Å². The Hall–Kier alpha value is -2.34. The molecule has 0 spiro atoms. The highest BCUT2D eigenvalue weighted by Gasteiger charge is 2.26. The number of carboxylic acids is 1. The average Bonchev–Trinajstić information content (AvgIpc) is 2.48. The van der Waals surface area contributed by atoms with E-state index in [1.54, 1.807) is 0 Å². The molecule has 0 heterocycles. The number of nitrogens with one attached hydrogen (secondary N) is 3. The van der Waals surface area contributed by atoms with Gasteiger partial charge < -0.3 is 32.5 Å². The van der Waals surface area contributed by atoms with Gasteiger partial charge in [0.2, 0.25) is 23.6 Å². The van der Waals surface area contributed by atoms with Crippen molar-refractivity contribution in [1.29, 1.82) is 0 Å². The van der Waals surface area contributed by atoms with Gasteiger partial charge in [0, 0.05) is 5.75 Å². The molecule has 0 saturated carbocycles. The summed E-state index contributed by atoms with van der Waals surface area (Å²) in [5.74, 6) is -4.29. The Morgan fingerprint density at radius 2 is 1.67 bits per heavy atom. The number of carbonyl (C=O) groups excluding carboxylic acids is 4. The summed E-state index contributed by atoms with van der Waals surface area (Å²) in [6, 6.07) is -3.35. The Morgan fingerprint density at radius 3 is 2.12 bits per heavy atom. The highest BCUT2D eigenvalue weighted by molar-refractivity contribution is 7.80. The van der Waals surface area contributed by atoms with Gasteiger partial charge in [-0.2, -0.15) is 12.6 Å². The maximum Gasteiger partial charge on any atom is 0.322 e. The van der Waals surface area contributed by atoms with E-state index in [9.17, 15) is 24.0 Å². The Bertz CT molecular complexity index is 514. The topological polar surface area (TPSA) is 194 Å². The van der Waals surface area contributed by atoms with E-state index in [2.05, 4.69) is 28.6 Å². The normalized spacial score (nSPS) is 14.0. The number of rotatable bonds is 10. The number of aliphatic carboxylic acids is 1. The minimum absolute atomic E-state index is 0.0929. The molecule has 0 fully saturated rings. The van der Waals surface area contributed by atoms with Gasteiger partial charge in [-0.15, -0.1) is 0 Å². The highest BCUT2D eigenvalue weighted by Crippen LogP contribution is 1.95. The number of amides is 4. The summed E-state index contributed by atoms with van der Waals surface area (Å²) in [4.78, 5) is 56.4. The zero-order valence-corrected chi connectivity index (χ0v) is 13.8. The van der Waals surface area contributed by atoms with Crippen molar-refractivity contribution in [1.82, 2.24) is 16.0 Å². The molecular formula is C12H21N5O6S. The minimum Gasteiger partial charge on any atom is -0.480 e. The van der Waals surface area contributed by atoms with Crippen LogP contribution in [0.1, 0.15) is 13.3 Å². The van der Waals surface area contributed by atoms with Gasteiger partial charge in [-0.1, -0.05) is 0 Å². The molecule has 0 aromatic rings. The number of hydrogen-bond donors (Lipinski definition) is 7.